The molecular weight excluding hydrogens is 176 g/mol. The first kappa shape index (κ1) is 10.8. The number of ketones is 1. The fourth-order valence-electron chi connectivity index (χ4n) is 1.38. The van der Waals surface area contributed by atoms with Gasteiger partial charge in [-0.3, -0.25) is 4.79 Å². The minimum Gasteiger partial charge on any atom is -0.496 e. The van der Waals surface area contributed by atoms with Gasteiger partial charge in [0.05, 0.1) is 12.7 Å². The summed E-state index contributed by atoms with van der Waals surface area (Å²) in [6.07, 6.45) is 1.46. The summed E-state index contributed by atoms with van der Waals surface area (Å²) in [5, 5.41) is 0. The molecule has 0 saturated heterocycles. The molecule has 0 atom stereocenters. The van der Waals surface area contributed by atoms with Crippen molar-refractivity contribution in [2.45, 2.75) is 26.7 Å². The van der Waals surface area contributed by atoms with Crippen molar-refractivity contribution in [2.24, 2.45) is 0 Å². The highest BCUT2D eigenvalue weighted by Gasteiger charge is 2.10. The highest BCUT2D eigenvalue weighted by atomic mass is 16.5. The van der Waals surface area contributed by atoms with E-state index in [9.17, 15) is 4.79 Å². The zero-order valence-corrected chi connectivity index (χ0v) is 8.96. The molecule has 0 bridgehead atoms. The van der Waals surface area contributed by atoms with Gasteiger partial charge in [0.1, 0.15) is 5.75 Å². The normalized spacial score (nSPS) is 9.93. The minimum absolute atomic E-state index is 0.136. The highest BCUT2D eigenvalue weighted by Crippen LogP contribution is 2.21. The maximum atomic E-state index is 11.6. The number of hydrogen-bond donors (Lipinski definition) is 0. The molecule has 0 N–H and O–H groups in total. The van der Waals surface area contributed by atoms with Gasteiger partial charge in [0.2, 0.25) is 0 Å². The summed E-state index contributed by atoms with van der Waals surface area (Å²) in [6.45, 7) is 3.93. The lowest BCUT2D eigenvalue weighted by molar-refractivity contribution is 0.0985. The first-order valence-corrected chi connectivity index (χ1v) is 4.93. The number of aryl methyl sites for hydroxylation is 1. The number of hydrogen-bond acceptors (Lipinski definition) is 2. The smallest absolute Gasteiger partial charge is 0.166 e. The molecule has 14 heavy (non-hydrogen) atoms. The van der Waals surface area contributed by atoms with Crippen LogP contribution in [0.2, 0.25) is 0 Å². The molecule has 0 saturated carbocycles. The molecule has 0 unspecified atom stereocenters. The standard InChI is InChI=1S/C12H16O2/c1-4-9-6-7-12(14-3)10(8-9)11(13)5-2/h6-8H,4-5H2,1-3H3. The lowest BCUT2D eigenvalue weighted by Crippen LogP contribution is -2.01. The summed E-state index contributed by atoms with van der Waals surface area (Å²) in [7, 11) is 1.59. The van der Waals surface area contributed by atoms with E-state index in [4.69, 9.17) is 4.74 Å². The molecule has 2 heteroatoms. The van der Waals surface area contributed by atoms with Gasteiger partial charge in [-0.1, -0.05) is 19.9 Å². The van der Waals surface area contributed by atoms with Crippen molar-refractivity contribution in [2.75, 3.05) is 7.11 Å². The maximum absolute atomic E-state index is 11.6. The predicted octanol–water partition coefficient (Wildman–Crippen LogP) is 2.85. The molecule has 0 aromatic heterocycles. The summed E-state index contributed by atoms with van der Waals surface area (Å²) in [5.74, 6) is 0.811. The summed E-state index contributed by atoms with van der Waals surface area (Å²) in [4.78, 5) is 11.6. The second-order valence-electron chi connectivity index (χ2n) is 3.16. The van der Waals surface area contributed by atoms with E-state index in [2.05, 4.69) is 6.92 Å². The van der Waals surface area contributed by atoms with Crippen LogP contribution in [0.5, 0.6) is 5.75 Å². The van der Waals surface area contributed by atoms with E-state index < -0.39 is 0 Å². The predicted molar refractivity (Wildman–Crippen MR) is 57.0 cm³/mol. The van der Waals surface area contributed by atoms with Gasteiger partial charge in [-0.25, -0.2) is 0 Å². The third-order valence-electron chi connectivity index (χ3n) is 2.29. The van der Waals surface area contributed by atoms with E-state index in [1.54, 1.807) is 7.11 Å². The van der Waals surface area contributed by atoms with E-state index in [1.165, 1.54) is 5.56 Å². The molecule has 1 aromatic carbocycles. The summed E-state index contributed by atoms with van der Waals surface area (Å²) in [5.41, 5.74) is 1.87. The lowest BCUT2D eigenvalue weighted by Gasteiger charge is -2.08. The van der Waals surface area contributed by atoms with Crippen molar-refractivity contribution in [1.29, 1.82) is 0 Å². The molecule has 0 fully saturated rings. The van der Waals surface area contributed by atoms with Crippen molar-refractivity contribution in [3.8, 4) is 5.75 Å². The molecule has 0 amide bonds. The first-order chi connectivity index (χ1) is 6.72. The number of carbonyl (C=O) groups is 1. The second-order valence-corrected chi connectivity index (χ2v) is 3.16. The van der Waals surface area contributed by atoms with E-state index >= 15 is 0 Å². The van der Waals surface area contributed by atoms with Gasteiger partial charge in [-0.05, 0) is 24.1 Å². The fraction of sp³-hybridized carbons (Fsp3) is 0.417. The second kappa shape index (κ2) is 4.80. The Morgan fingerprint density at radius 1 is 1.36 bits per heavy atom. The molecule has 0 spiro atoms. The van der Waals surface area contributed by atoms with Crippen LogP contribution in [0.25, 0.3) is 0 Å². The van der Waals surface area contributed by atoms with Crippen LogP contribution in [-0.2, 0) is 6.42 Å². The maximum Gasteiger partial charge on any atom is 0.166 e. The molecule has 0 aliphatic heterocycles. The van der Waals surface area contributed by atoms with Crippen LogP contribution >= 0.6 is 0 Å². The number of Topliss-reactive ketones (excluding diaryl/α,β-unsaturated/α-hetero) is 1. The summed E-state index contributed by atoms with van der Waals surface area (Å²) in [6, 6.07) is 5.78. The van der Waals surface area contributed by atoms with Crippen molar-refractivity contribution < 1.29 is 9.53 Å². The van der Waals surface area contributed by atoms with E-state index in [0.29, 0.717) is 17.7 Å². The highest BCUT2D eigenvalue weighted by molar-refractivity contribution is 5.98. The summed E-state index contributed by atoms with van der Waals surface area (Å²) >= 11 is 0. The molecular formula is C12H16O2. The topological polar surface area (TPSA) is 26.3 Å². The number of rotatable bonds is 4. The zero-order chi connectivity index (χ0) is 10.6. The third-order valence-corrected chi connectivity index (χ3v) is 2.29. The minimum atomic E-state index is 0.136. The quantitative estimate of drug-likeness (QED) is 0.686. The number of carbonyl (C=O) groups excluding carboxylic acids is 1. The van der Waals surface area contributed by atoms with Crippen molar-refractivity contribution in [1.82, 2.24) is 0 Å². The lowest BCUT2D eigenvalue weighted by atomic mass is 10.0. The number of methoxy groups -OCH3 is 1. The van der Waals surface area contributed by atoms with Crippen molar-refractivity contribution in [3.63, 3.8) is 0 Å². The largest absolute Gasteiger partial charge is 0.496 e. The Morgan fingerprint density at radius 2 is 2.07 bits per heavy atom. The Balaban J connectivity index is 3.14. The monoisotopic (exact) mass is 192 g/mol. The van der Waals surface area contributed by atoms with Crippen LogP contribution in [0, 0.1) is 0 Å². The van der Waals surface area contributed by atoms with Crippen LogP contribution in [0.1, 0.15) is 36.2 Å². The molecule has 0 aliphatic rings. The van der Waals surface area contributed by atoms with Crippen LogP contribution in [0.3, 0.4) is 0 Å². The van der Waals surface area contributed by atoms with E-state index in [1.807, 2.05) is 25.1 Å². The SMILES string of the molecule is CCC(=O)c1cc(CC)ccc1OC. The molecule has 76 valence electrons. The molecule has 0 heterocycles. The Labute approximate surface area is 84.9 Å². The first-order valence-electron chi connectivity index (χ1n) is 4.93. The molecule has 0 radical (unpaired) electrons. The molecule has 2 nitrogen and oxygen atoms in total. The van der Waals surface area contributed by atoms with Gasteiger partial charge in [-0.2, -0.15) is 0 Å². The van der Waals surface area contributed by atoms with Gasteiger partial charge in [0.25, 0.3) is 0 Å². The molecule has 1 aromatic rings. The van der Waals surface area contributed by atoms with Gasteiger partial charge in [-0.15, -0.1) is 0 Å². The Hall–Kier alpha value is -1.31. The van der Waals surface area contributed by atoms with Crippen LogP contribution in [0.15, 0.2) is 18.2 Å². The van der Waals surface area contributed by atoms with Crippen molar-refractivity contribution in [3.05, 3.63) is 29.3 Å². The Morgan fingerprint density at radius 3 is 2.57 bits per heavy atom. The van der Waals surface area contributed by atoms with Crippen LogP contribution < -0.4 is 4.74 Å². The number of benzene rings is 1. The fourth-order valence-corrected chi connectivity index (χ4v) is 1.38. The van der Waals surface area contributed by atoms with Gasteiger partial charge >= 0.3 is 0 Å². The Bertz CT molecular complexity index is 329. The van der Waals surface area contributed by atoms with E-state index in [-0.39, 0.29) is 5.78 Å². The Kier molecular flexibility index (Phi) is 3.69. The summed E-state index contributed by atoms with van der Waals surface area (Å²) < 4.78 is 5.15. The average Bonchev–Trinajstić information content (AvgIpc) is 2.27. The van der Waals surface area contributed by atoms with Gasteiger partial charge in [0.15, 0.2) is 5.78 Å². The van der Waals surface area contributed by atoms with Gasteiger partial charge < -0.3 is 4.74 Å². The molecule has 1 rings (SSSR count). The average molecular weight is 192 g/mol. The van der Waals surface area contributed by atoms with E-state index in [0.717, 1.165) is 6.42 Å². The number of ether oxygens (including phenoxy) is 1. The third kappa shape index (κ3) is 2.13. The van der Waals surface area contributed by atoms with Crippen molar-refractivity contribution >= 4 is 5.78 Å². The van der Waals surface area contributed by atoms with Crippen LogP contribution in [-0.4, -0.2) is 12.9 Å². The van der Waals surface area contributed by atoms with Crippen LogP contribution in [0.4, 0.5) is 0 Å². The zero-order valence-electron chi connectivity index (χ0n) is 8.96. The van der Waals surface area contributed by atoms with Gasteiger partial charge in [0, 0.05) is 6.42 Å². The molecule has 0 aliphatic carbocycles.